The molecule has 0 aliphatic carbocycles. The molecule has 0 saturated carbocycles. The Bertz CT molecular complexity index is 1020. The second kappa shape index (κ2) is 8.18. The van der Waals surface area contributed by atoms with E-state index in [0.29, 0.717) is 16.5 Å². The maximum Gasteiger partial charge on any atom is 0.221 e. The molecule has 2 unspecified atom stereocenters. The lowest BCUT2D eigenvalue weighted by Gasteiger charge is -2.27. The molecule has 148 valence electrons. The molecule has 29 heavy (non-hydrogen) atoms. The molecule has 4 rings (SSSR count). The van der Waals surface area contributed by atoms with Crippen molar-refractivity contribution in [3.8, 4) is 5.75 Å². The second-order valence-corrected chi connectivity index (χ2v) is 7.94. The summed E-state index contributed by atoms with van der Waals surface area (Å²) in [7, 11) is 1.58. The van der Waals surface area contributed by atoms with E-state index in [1.165, 1.54) is 11.8 Å². The van der Waals surface area contributed by atoms with E-state index in [0.717, 1.165) is 11.4 Å². The molecule has 2 N–H and O–H groups in total. The van der Waals surface area contributed by atoms with Crippen LogP contribution >= 0.6 is 23.6 Å². The van der Waals surface area contributed by atoms with Crippen LogP contribution in [0.3, 0.4) is 0 Å². The lowest BCUT2D eigenvalue weighted by Crippen LogP contribution is -2.29. The quantitative estimate of drug-likeness (QED) is 0.596. The van der Waals surface area contributed by atoms with Crippen molar-refractivity contribution in [2.45, 2.75) is 19.0 Å². The number of methoxy groups -OCH3 is 1. The number of nitrogens with one attached hydrogen (secondary N) is 2. The molecule has 1 aliphatic rings. The van der Waals surface area contributed by atoms with E-state index in [2.05, 4.69) is 32.0 Å². The Kier molecular flexibility index (Phi) is 5.46. The van der Waals surface area contributed by atoms with Crippen molar-refractivity contribution in [2.24, 2.45) is 0 Å². The number of carbonyl (C=O) groups is 1. The lowest BCUT2D eigenvalue weighted by molar-refractivity contribution is -0.114. The zero-order chi connectivity index (χ0) is 20.4. The molecule has 0 spiro atoms. The first-order valence-corrected chi connectivity index (χ1v) is 10.4. The number of pyridine rings is 1. The Balaban J connectivity index is 1.79. The summed E-state index contributed by atoms with van der Waals surface area (Å²) in [5.74, 6) is 0.430. The van der Waals surface area contributed by atoms with Crippen molar-refractivity contribution in [3.05, 3.63) is 70.7 Å². The number of rotatable bonds is 5. The number of benzene rings is 1. The number of nitrogens with zero attached hydrogens (tertiary/aromatic N) is 2. The molecule has 1 saturated heterocycles. The van der Waals surface area contributed by atoms with Gasteiger partial charge in [-0.15, -0.1) is 11.3 Å². The van der Waals surface area contributed by atoms with Gasteiger partial charge in [0.2, 0.25) is 5.91 Å². The van der Waals surface area contributed by atoms with Crippen LogP contribution < -0.4 is 20.3 Å². The molecule has 1 aromatic carbocycles. The van der Waals surface area contributed by atoms with Gasteiger partial charge in [-0.25, -0.2) is 0 Å². The number of hydrogen-bond acceptors (Lipinski definition) is 5. The third-order valence-electron chi connectivity index (χ3n) is 4.70. The van der Waals surface area contributed by atoms with Gasteiger partial charge in [-0.1, -0.05) is 12.1 Å². The molecule has 1 amide bonds. The summed E-state index contributed by atoms with van der Waals surface area (Å²) in [5, 5.41) is 8.93. The summed E-state index contributed by atoms with van der Waals surface area (Å²) in [6.45, 7) is 1.47. The Morgan fingerprint density at radius 2 is 2.14 bits per heavy atom. The minimum Gasteiger partial charge on any atom is -0.495 e. The highest BCUT2D eigenvalue weighted by Gasteiger charge is 2.41. The van der Waals surface area contributed by atoms with E-state index >= 15 is 0 Å². The fourth-order valence-corrected chi connectivity index (χ4v) is 4.71. The number of anilines is 2. The van der Waals surface area contributed by atoms with Crippen LogP contribution in [0.1, 0.15) is 29.6 Å². The molecule has 3 aromatic rings. The van der Waals surface area contributed by atoms with E-state index in [1.807, 2.05) is 42.5 Å². The first-order chi connectivity index (χ1) is 14.1. The van der Waals surface area contributed by atoms with E-state index in [1.54, 1.807) is 24.6 Å². The fourth-order valence-electron chi connectivity index (χ4n) is 3.51. The molecule has 2 atom stereocenters. The van der Waals surface area contributed by atoms with Crippen LogP contribution in [0.15, 0.2) is 60.1 Å². The van der Waals surface area contributed by atoms with Gasteiger partial charge < -0.3 is 20.3 Å². The highest BCUT2D eigenvalue weighted by Crippen LogP contribution is 2.44. The Hall–Kier alpha value is -2.97. The SMILES string of the molecule is COc1ccc(N2C(=S)NC(c3ccccn3)C2c2cccs2)cc1NC(C)=O. The van der Waals surface area contributed by atoms with Gasteiger partial charge in [-0.05, 0) is 54.0 Å². The summed E-state index contributed by atoms with van der Waals surface area (Å²) < 4.78 is 5.39. The summed E-state index contributed by atoms with van der Waals surface area (Å²) in [4.78, 5) is 19.4. The first kappa shape index (κ1) is 19.4. The highest BCUT2D eigenvalue weighted by molar-refractivity contribution is 7.80. The van der Waals surface area contributed by atoms with Gasteiger partial charge in [0.05, 0.1) is 30.6 Å². The summed E-state index contributed by atoms with van der Waals surface area (Å²) in [5.41, 5.74) is 2.39. The molecular formula is C21H20N4O2S2. The summed E-state index contributed by atoms with van der Waals surface area (Å²) >= 11 is 7.39. The van der Waals surface area contributed by atoms with Crippen LogP contribution in [0.25, 0.3) is 0 Å². The standard InChI is InChI=1S/C21H20N4O2S2/c1-13(26)23-16-12-14(8-9-17(16)27-2)25-20(18-7-5-11-29-18)19(24-21(25)28)15-6-3-4-10-22-15/h3-12,19-20H,1-2H3,(H,23,26)(H,24,28). The highest BCUT2D eigenvalue weighted by atomic mass is 32.1. The largest absolute Gasteiger partial charge is 0.495 e. The molecule has 1 aliphatic heterocycles. The smallest absolute Gasteiger partial charge is 0.221 e. The zero-order valence-electron chi connectivity index (χ0n) is 16.0. The third-order valence-corrected chi connectivity index (χ3v) is 5.96. The average molecular weight is 425 g/mol. The van der Waals surface area contributed by atoms with E-state index in [4.69, 9.17) is 17.0 Å². The van der Waals surface area contributed by atoms with Crippen molar-refractivity contribution in [2.75, 3.05) is 17.3 Å². The Labute approximate surface area is 178 Å². The van der Waals surface area contributed by atoms with Gasteiger partial charge in [0.25, 0.3) is 0 Å². The maximum absolute atomic E-state index is 11.6. The van der Waals surface area contributed by atoms with Gasteiger partial charge in [-0.2, -0.15) is 0 Å². The summed E-state index contributed by atoms with van der Waals surface area (Å²) in [6.07, 6.45) is 1.79. The van der Waals surface area contributed by atoms with E-state index < -0.39 is 0 Å². The van der Waals surface area contributed by atoms with Crippen LogP contribution in [0.4, 0.5) is 11.4 Å². The number of ether oxygens (including phenoxy) is 1. The van der Waals surface area contributed by atoms with Gasteiger partial charge in [0.15, 0.2) is 5.11 Å². The second-order valence-electron chi connectivity index (χ2n) is 6.58. The monoisotopic (exact) mass is 424 g/mol. The zero-order valence-corrected chi connectivity index (χ0v) is 17.6. The predicted octanol–water partition coefficient (Wildman–Crippen LogP) is 4.29. The molecule has 3 heterocycles. The van der Waals surface area contributed by atoms with Gasteiger partial charge in [-0.3, -0.25) is 9.78 Å². The average Bonchev–Trinajstić information content (AvgIpc) is 3.35. The number of thiocarbonyl (C=S) groups is 1. The van der Waals surface area contributed by atoms with Crippen molar-refractivity contribution >= 4 is 45.9 Å². The molecule has 8 heteroatoms. The summed E-state index contributed by atoms with van der Waals surface area (Å²) in [6, 6.07) is 15.5. The van der Waals surface area contributed by atoms with Crippen LogP contribution in [0.5, 0.6) is 5.75 Å². The minimum absolute atomic E-state index is 0.0593. The first-order valence-electron chi connectivity index (χ1n) is 9.08. The van der Waals surface area contributed by atoms with E-state index in [-0.39, 0.29) is 18.0 Å². The van der Waals surface area contributed by atoms with Gasteiger partial charge in [0, 0.05) is 23.7 Å². The molecule has 0 bridgehead atoms. The molecule has 6 nitrogen and oxygen atoms in total. The number of hydrogen-bond donors (Lipinski definition) is 2. The number of thiophene rings is 1. The van der Waals surface area contributed by atoms with Gasteiger partial charge in [0.1, 0.15) is 5.75 Å². The number of carbonyl (C=O) groups excluding carboxylic acids is 1. The Morgan fingerprint density at radius 1 is 1.28 bits per heavy atom. The van der Waals surface area contributed by atoms with Crippen molar-refractivity contribution < 1.29 is 9.53 Å². The normalized spacial score (nSPS) is 18.4. The van der Waals surface area contributed by atoms with Crippen LogP contribution in [0.2, 0.25) is 0 Å². The van der Waals surface area contributed by atoms with E-state index in [9.17, 15) is 4.79 Å². The molecular weight excluding hydrogens is 404 g/mol. The topological polar surface area (TPSA) is 66.5 Å². The van der Waals surface area contributed by atoms with Crippen molar-refractivity contribution in [3.63, 3.8) is 0 Å². The Morgan fingerprint density at radius 3 is 2.79 bits per heavy atom. The minimum atomic E-state index is -0.163. The lowest BCUT2D eigenvalue weighted by atomic mass is 10.0. The van der Waals surface area contributed by atoms with Gasteiger partial charge >= 0.3 is 0 Å². The maximum atomic E-state index is 11.6. The fraction of sp³-hybridized carbons (Fsp3) is 0.190. The van der Waals surface area contributed by atoms with Crippen LogP contribution in [-0.2, 0) is 4.79 Å². The molecule has 1 fully saturated rings. The van der Waals surface area contributed by atoms with Crippen LogP contribution in [0, 0.1) is 0 Å². The number of aromatic nitrogens is 1. The predicted molar refractivity (Wildman–Crippen MR) is 120 cm³/mol. The molecule has 2 aromatic heterocycles. The van der Waals surface area contributed by atoms with Crippen molar-refractivity contribution in [1.82, 2.24) is 10.3 Å². The van der Waals surface area contributed by atoms with Crippen molar-refractivity contribution in [1.29, 1.82) is 0 Å². The van der Waals surface area contributed by atoms with Crippen LogP contribution in [-0.4, -0.2) is 23.1 Å². The molecule has 0 radical (unpaired) electrons. The number of amides is 1. The third kappa shape index (κ3) is 3.81.